The minimum Gasteiger partial charge on any atom is -0.464 e. The van der Waals surface area contributed by atoms with E-state index in [0.717, 1.165) is 24.0 Å². The van der Waals surface area contributed by atoms with Gasteiger partial charge in [0.1, 0.15) is 5.82 Å². The van der Waals surface area contributed by atoms with E-state index in [1.165, 1.54) is 51.0 Å². The highest BCUT2D eigenvalue weighted by atomic mass is 19.1. The van der Waals surface area contributed by atoms with Crippen LogP contribution in [-0.4, -0.2) is 30.8 Å². The van der Waals surface area contributed by atoms with Crippen molar-refractivity contribution in [2.45, 2.75) is 84.6 Å². The van der Waals surface area contributed by atoms with Gasteiger partial charge in [0, 0.05) is 25.1 Å². The van der Waals surface area contributed by atoms with E-state index in [4.69, 9.17) is 9.57 Å². The summed E-state index contributed by atoms with van der Waals surface area (Å²) < 4.78 is 19.0. The number of esters is 1. The normalized spacial score (nSPS) is 10.8. The molecule has 36 heavy (non-hydrogen) atoms. The Morgan fingerprint density at radius 2 is 1.61 bits per heavy atom. The maximum Gasteiger partial charge on any atom is 0.334 e. The van der Waals surface area contributed by atoms with Crippen molar-refractivity contribution in [3.05, 3.63) is 71.0 Å². The molecule has 0 aliphatic carbocycles. The number of unbranched alkanes of at least 4 members (excludes halogenated alkanes) is 8. The lowest BCUT2D eigenvalue weighted by molar-refractivity contribution is -0.188. The third-order valence-electron chi connectivity index (χ3n) is 5.96. The van der Waals surface area contributed by atoms with Gasteiger partial charge in [-0.2, -0.15) is 5.06 Å². The van der Waals surface area contributed by atoms with Crippen LogP contribution < -0.4 is 0 Å². The molecule has 0 bridgehead atoms. The summed E-state index contributed by atoms with van der Waals surface area (Å²) in [5.74, 6) is 5.88. The first kappa shape index (κ1) is 29.5. The van der Waals surface area contributed by atoms with Gasteiger partial charge in [0.2, 0.25) is 0 Å². The third-order valence-corrected chi connectivity index (χ3v) is 5.96. The number of carbonyl (C=O) groups excluding carboxylic acids is 1. The highest BCUT2D eigenvalue weighted by molar-refractivity contribution is 5.70. The van der Waals surface area contributed by atoms with E-state index in [0.29, 0.717) is 31.7 Å². The third kappa shape index (κ3) is 12.9. The molecule has 0 unspecified atom stereocenters. The Morgan fingerprint density at radius 3 is 2.31 bits per heavy atom. The molecule has 0 fully saturated rings. The van der Waals surface area contributed by atoms with Crippen LogP contribution in [0.1, 0.15) is 88.3 Å². The second kappa shape index (κ2) is 18.6. The van der Waals surface area contributed by atoms with Gasteiger partial charge in [-0.25, -0.2) is 9.18 Å². The summed E-state index contributed by atoms with van der Waals surface area (Å²) in [5.41, 5.74) is 2.63. The summed E-state index contributed by atoms with van der Waals surface area (Å²) in [6.07, 6.45) is 11.9. The number of hydrogen-bond acceptors (Lipinski definition) is 4. The molecule has 0 aromatic heterocycles. The van der Waals surface area contributed by atoms with E-state index in [2.05, 4.69) is 18.8 Å². The van der Waals surface area contributed by atoms with E-state index < -0.39 is 5.97 Å². The highest BCUT2D eigenvalue weighted by Gasteiger charge is 2.12. The summed E-state index contributed by atoms with van der Waals surface area (Å²) in [6.45, 7) is 5.06. The first-order valence-electron chi connectivity index (χ1n) is 13.5. The van der Waals surface area contributed by atoms with Crippen molar-refractivity contribution in [3.8, 4) is 11.8 Å². The number of hydrogen-bond donors (Lipinski definition) is 0. The topological polar surface area (TPSA) is 38.8 Å². The lowest BCUT2D eigenvalue weighted by Crippen LogP contribution is -2.29. The number of hydroxylamine groups is 2. The summed E-state index contributed by atoms with van der Waals surface area (Å²) in [6, 6.07) is 14.8. The molecular formula is C31H42FNO3. The quantitative estimate of drug-likeness (QED) is 0.100. The van der Waals surface area contributed by atoms with Crippen LogP contribution >= 0.6 is 0 Å². The summed E-state index contributed by atoms with van der Waals surface area (Å²) in [4.78, 5) is 17.5. The predicted octanol–water partition coefficient (Wildman–Crippen LogP) is 7.25. The molecule has 2 aromatic rings. The number of halogens is 1. The lowest BCUT2D eigenvalue weighted by Gasteiger charge is -2.21. The molecule has 0 aliphatic rings. The Morgan fingerprint density at radius 1 is 0.917 bits per heavy atom. The SMILES string of the molecule is CCCCCCCCCCC#Cc1ccc(CN(CCc2ccccc2F)OCC(=O)OCC)cc1. The molecule has 0 radical (unpaired) electrons. The maximum atomic E-state index is 14.0. The van der Waals surface area contributed by atoms with E-state index in [1.807, 2.05) is 30.3 Å². The minimum absolute atomic E-state index is 0.173. The van der Waals surface area contributed by atoms with Crippen molar-refractivity contribution in [2.24, 2.45) is 0 Å². The minimum atomic E-state index is -0.421. The fraction of sp³-hybridized carbons (Fsp3) is 0.516. The second-order valence-corrected chi connectivity index (χ2v) is 9.01. The Balaban J connectivity index is 1.81. The monoisotopic (exact) mass is 495 g/mol. The van der Waals surface area contributed by atoms with Gasteiger partial charge in [-0.15, -0.1) is 0 Å². The van der Waals surface area contributed by atoms with Crippen molar-refractivity contribution in [2.75, 3.05) is 19.8 Å². The summed E-state index contributed by atoms with van der Waals surface area (Å²) in [5, 5.41) is 1.69. The zero-order valence-electron chi connectivity index (χ0n) is 22.1. The van der Waals surface area contributed by atoms with Gasteiger partial charge in [0.05, 0.1) is 6.61 Å². The van der Waals surface area contributed by atoms with Crippen LogP contribution in [0, 0.1) is 17.7 Å². The highest BCUT2D eigenvalue weighted by Crippen LogP contribution is 2.12. The molecule has 0 saturated carbocycles. The molecule has 0 spiro atoms. The van der Waals surface area contributed by atoms with E-state index in [-0.39, 0.29) is 12.4 Å². The van der Waals surface area contributed by atoms with Crippen LogP contribution in [0.2, 0.25) is 0 Å². The van der Waals surface area contributed by atoms with Crippen LogP contribution in [0.15, 0.2) is 48.5 Å². The van der Waals surface area contributed by atoms with Crippen LogP contribution in [-0.2, 0) is 27.3 Å². The van der Waals surface area contributed by atoms with Gasteiger partial charge < -0.3 is 4.74 Å². The first-order valence-corrected chi connectivity index (χ1v) is 13.5. The zero-order chi connectivity index (χ0) is 25.8. The van der Waals surface area contributed by atoms with Crippen molar-refractivity contribution in [1.29, 1.82) is 0 Å². The number of benzene rings is 2. The van der Waals surface area contributed by atoms with Gasteiger partial charge in [-0.1, -0.05) is 94.0 Å². The number of ether oxygens (including phenoxy) is 1. The Bertz CT molecular complexity index is 933. The fourth-order valence-electron chi connectivity index (χ4n) is 3.89. The van der Waals surface area contributed by atoms with Crippen LogP contribution in [0.3, 0.4) is 0 Å². The second-order valence-electron chi connectivity index (χ2n) is 9.01. The zero-order valence-corrected chi connectivity index (χ0v) is 22.1. The molecule has 196 valence electrons. The predicted molar refractivity (Wildman–Crippen MR) is 144 cm³/mol. The van der Waals surface area contributed by atoms with Crippen LogP contribution in [0.5, 0.6) is 0 Å². The average Bonchev–Trinajstić information content (AvgIpc) is 2.88. The molecular weight excluding hydrogens is 453 g/mol. The van der Waals surface area contributed by atoms with Gasteiger partial charge in [0.25, 0.3) is 0 Å². The van der Waals surface area contributed by atoms with Gasteiger partial charge >= 0.3 is 5.97 Å². The number of carbonyl (C=O) groups is 1. The molecule has 5 heteroatoms. The van der Waals surface area contributed by atoms with Crippen molar-refractivity contribution in [3.63, 3.8) is 0 Å². The Kier molecular flexibility index (Phi) is 15.2. The van der Waals surface area contributed by atoms with Crippen LogP contribution in [0.25, 0.3) is 0 Å². The van der Waals surface area contributed by atoms with Gasteiger partial charge in [0.15, 0.2) is 6.61 Å². The van der Waals surface area contributed by atoms with Gasteiger partial charge in [-0.3, -0.25) is 4.84 Å². The first-order chi connectivity index (χ1) is 17.6. The lowest BCUT2D eigenvalue weighted by atomic mass is 10.1. The smallest absolute Gasteiger partial charge is 0.334 e. The fourth-order valence-corrected chi connectivity index (χ4v) is 3.89. The Hall–Kier alpha value is -2.68. The van der Waals surface area contributed by atoms with E-state index >= 15 is 0 Å². The average molecular weight is 496 g/mol. The van der Waals surface area contributed by atoms with Gasteiger partial charge in [-0.05, 0) is 49.1 Å². The van der Waals surface area contributed by atoms with E-state index in [1.54, 1.807) is 24.1 Å². The van der Waals surface area contributed by atoms with Crippen LogP contribution in [0.4, 0.5) is 4.39 Å². The molecule has 0 N–H and O–H groups in total. The molecule has 2 aromatic carbocycles. The largest absolute Gasteiger partial charge is 0.464 e. The molecule has 2 rings (SSSR count). The summed E-state index contributed by atoms with van der Waals surface area (Å²) >= 11 is 0. The molecule has 0 saturated heterocycles. The molecule has 0 atom stereocenters. The molecule has 4 nitrogen and oxygen atoms in total. The van der Waals surface area contributed by atoms with Crippen molar-refractivity contribution >= 4 is 5.97 Å². The molecule has 0 heterocycles. The maximum absolute atomic E-state index is 14.0. The van der Waals surface area contributed by atoms with E-state index in [9.17, 15) is 9.18 Å². The molecule has 0 aliphatic heterocycles. The van der Waals surface area contributed by atoms with Crippen molar-refractivity contribution < 1.29 is 18.8 Å². The number of rotatable bonds is 17. The number of nitrogens with zero attached hydrogens (tertiary/aromatic N) is 1. The Labute approximate surface area is 217 Å². The standard InChI is InChI=1S/C31H42FNO3/c1-3-5-6-7-8-9-10-11-12-13-16-27-19-21-28(22-20-27)25-33(36-26-31(34)35-4-2)24-23-29-17-14-15-18-30(29)32/h14-15,17-22H,3-12,23-26H2,1-2H3. The molecule has 0 amide bonds. The summed E-state index contributed by atoms with van der Waals surface area (Å²) in [7, 11) is 0. The van der Waals surface area contributed by atoms with Crippen molar-refractivity contribution in [1.82, 2.24) is 5.06 Å².